The number of rotatable bonds is 6. The topological polar surface area (TPSA) is 67.8 Å². The van der Waals surface area contributed by atoms with Crippen LogP contribution < -0.4 is 14.4 Å². The Morgan fingerprint density at radius 1 is 1.00 bits per heavy atom. The molecule has 3 aromatic rings. The van der Waals surface area contributed by atoms with Crippen molar-refractivity contribution in [1.82, 2.24) is 14.9 Å². The summed E-state index contributed by atoms with van der Waals surface area (Å²) in [6.45, 7) is 4.52. The number of hydrogen-bond donors (Lipinski definition) is 0. The zero-order chi connectivity index (χ0) is 21.6. The second kappa shape index (κ2) is 9.66. The van der Waals surface area contributed by atoms with Crippen LogP contribution in [0.15, 0.2) is 60.9 Å². The van der Waals surface area contributed by atoms with Crippen LogP contribution in [0.4, 0.5) is 5.82 Å². The van der Waals surface area contributed by atoms with Gasteiger partial charge in [0.15, 0.2) is 6.61 Å². The van der Waals surface area contributed by atoms with Gasteiger partial charge in [0.05, 0.1) is 0 Å². The van der Waals surface area contributed by atoms with E-state index in [1.165, 1.54) is 6.33 Å². The van der Waals surface area contributed by atoms with Crippen LogP contribution in [0.25, 0.3) is 0 Å². The van der Waals surface area contributed by atoms with Crippen LogP contribution in [-0.2, 0) is 4.79 Å². The fourth-order valence-electron chi connectivity index (χ4n) is 3.30. The minimum atomic E-state index is -0.0201. The molecule has 0 radical (unpaired) electrons. The summed E-state index contributed by atoms with van der Waals surface area (Å²) in [5, 5.41) is 0.692. The van der Waals surface area contributed by atoms with Crippen molar-refractivity contribution >= 4 is 23.3 Å². The summed E-state index contributed by atoms with van der Waals surface area (Å²) in [6, 6.07) is 16.6. The maximum atomic E-state index is 12.5. The molecule has 0 unspecified atom stereocenters. The molecule has 1 amide bonds. The van der Waals surface area contributed by atoms with E-state index < -0.39 is 0 Å². The summed E-state index contributed by atoms with van der Waals surface area (Å²) in [7, 11) is 0. The predicted molar refractivity (Wildman–Crippen MR) is 119 cm³/mol. The second-order valence-electron chi connectivity index (χ2n) is 7.20. The van der Waals surface area contributed by atoms with Gasteiger partial charge in [-0.05, 0) is 42.8 Å². The van der Waals surface area contributed by atoms with E-state index in [1.54, 1.807) is 18.2 Å². The van der Waals surface area contributed by atoms with E-state index in [2.05, 4.69) is 14.9 Å². The van der Waals surface area contributed by atoms with Gasteiger partial charge in [-0.3, -0.25) is 4.79 Å². The quantitative estimate of drug-likeness (QED) is 0.580. The maximum absolute atomic E-state index is 12.5. The van der Waals surface area contributed by atoms with E-state index in [0.29, 0.717) is 48.6 Å². The molecule has 0 N–H and O–H groups in total. The highest BCUT2D eigenvalue weighted by Gasteiger charge is 2.22. The predicted octanol–water partition coefficient (Wildman–Crippen LogP) is 3.96. The summed E-state index contributed by atoms with van der Waals surface area (Å²) in [5.41, 5.74) is 0.936. The molecule has 31 heavy (non-hydrogen) atoms. The second-order valence-corrected chi connectivity index (χ2v) is 7.60. The van der Waals surface area contributed by atoms with Gasteiger partial charge in [-0.25, -0.2) is 9.97 Å². The molecule has 1 aromatic heterocycles. The van der Waals surface area contributed by atoms with Gasteiger partial charge in [0.1, 0.15) is 23.6 Å². The molecule has 160 valence electrons. The van der Waals surface area contributed by atoms with Crippen LogP contribution in [-0.4, -0.2) is 53.6 Å². The van der Waals surface area contributed by atoms with E-state index in [4.69, 9.17) is 21.1 Å². The number of hydrogen-bond acceptors (Lipinski definition) is 6. The number of amides is 1. The van der Waals surface area contributed by atoms with Gasteiger partial charge >= 0.3 is 0 Å². The lowest BCUT2D eigenvalue weighted by atomic mass is 10.2. The standard InChI is InChI=1S/C23H23ClN4O3/c1-17-13-19(7-8-20(17)24)31-22-14-21(25-16-26-22)27-9-11-28(12-10-27)23(29)15-30-18-5-3-2-4-6-18/h2-8,13-14,16H,9-12,15H2,1H3. The lowest BCUT2D eigenvalue weighted by Gasteiger charge is -2.35. The molecule has 1 saturated heterocycles. The maximum Gasteiger partial charge on any atom is 0.260 e. The van der Waals surface area contributed by atoms with E-state index >= 15 is 0 Å². The summed E-state index contributed by atoms with van der Waals surface area (Å²) >= 11 is 6.07. The number of carbonyl (C=O) groups is 1. The van der Waals surface area contributed by atoms with Crippen LogP contribution in [0, 0.1) is 6.92 Å². The van der Waals surface area contributed by atoms with Gasteiger partial charge in [-0.1, -0.05) is 29.8 Å². The number of ether oxygens (including phenoxy) is 2. The minimum absolute atomic E-state index is 0.0201. The number of halogens is 1. The van der Waals surface area contributed by atoms with Crippen molar-refractivity contribution in [2.45, 2.75) is 6.92 Å². The van der Waals surface area contributed by atoms with Crippen molar-refractivity contribution in [1.29, 1.82) is 0 Å². The Labute approximate surface area is 186 Å². The number of carbonyl (C=O) groups excluding carboxylic acids is 1. The van der Waals surface area contributed by atoms with Crippen molar-refractivity contribution < 1.29 is 14.3 Å². The highest BCUT2D eigenvalue weighted by atomic mass is 35.5. The Bertz CT molecular complexity index is 1040. The third-order valence-electron chi connectivity index (χ3n) is 5.04. The summed E-state index contributed by atoms with van der Waals surface area (Å²) in [5.74, 6) is 2.57. The smallest absolute Gasteiger partial charge is 0.260 e. The molecular formula is C23H23ClN4O3. The number of nitrogens with zero attached hydrogens (tertiary/aromatic N) is 4. The first-order valence-electron chi connectivity index (χ1n) is 10.0. The molecule has 0 aliphatic carbocycles. The zero-order valence-corrected chi connectivity index (χ0v) is 18.0. The van der Waals surface area contributed by atoms with E-state index in [-0.39, 0.29) is 12.5 Å². The summed E-state index contributed by atoms with van der Waals surface area (Å²) in [4.78, 5) is 25.0. The molecule has 0 atom stereocenters. The molecule has 0 bridgehead atoms. The summed E-state index contributed by atoms with van der Waals surface area (Å²) < 4.78 is 11.4. The zero-order valence-electron chi connectivity index (χ0n) is 17.2. The Morgan fingerprint density at radius 3 is 2.52 bits per heavy atom. The SMILES string of the molecule is Cc1cc(Oc2cc(N3CCN(C(=O)COc4ccccc4)CC3)ncn2)ccc1Cl. The Kier molecular flexibility index (Phi) is 6.52. The van der Waals surface area contributed by atoms with Crippen LogP contribution in [0.3, 0.4) is 0 Å². The Balaban J connectivity index is 1.31. The molecule has 0 saturated carbocycles. The van der Waals surface area contributed by atoms with Gasteiger partial charge in [0.25, 0.3) is 5.91 Å². The molecule has 4 rings (SSSR count). The lowest BCUT2D eigenvalue weighted by Crippen LogP contribution is -2.50. The first-order valence-corrected chi connectivity index (χ1v) is 10.4. The molecule has 1 fully saturated rings. The van der Waals surface area contributed by atoms with Crippen molar-refractivity contribution in [3.05, 3.63) is 71.5 Å². The highest BCUT2D eigenvalue weighted by molar-refractivity contribution is 6.31. The average molecular weight is 439 g/mol. The third kappa shape index (κ3) is 5.44. The van der Waals surface area contributed by atoms with Gasteiger partial charge in [0, 0.05) is 37.3 Å². The number of piperazine rings is 1. The number of aryl methyl sites for hydroxylation is 1. The first kappa shape index (κ1) is 20.9. The third-order valence-corrected chi connectivity index (χ3v) is 5.47. The van der Waals surface area contributed by atoms with Crippen LogP contribution in [0.2, 0.25) is 5.02 Å². The normalized spacial score (nSPS) is 13.7. The molecule has 0 spiro atoms. The monoisotopic (exact) mass is 438 g/mol. The number of benzene rings is 2. The average Bonchev–Trinajstić information content (AvgIpc) is 2.81. The summed E-state index contributed by atoms with van der Waals surface area (Å²) in [6.07, 6.45) is 1.48. The largest absolute Gasteiger partial charge is 0.484 e. The first-order chi connectivity index (χ1) is 15.1. The van der Waals surface area contributed by atoms with Crippen LogP contribution in [0.1, 0.15) is 5.56 Å². The number of para-hydroxylation sites is 1. The van der Waals surface area contributed by atoms with E-state index in [0.717, 1.165) is 11.4 Å². The van der Waals surface area contributed by atoms with Gasteiger partial charge in [-0.15, -0.1) is 0 Å². The molecule has 2 aromatic carbocycles. The Morgan fingerprint density at radius 2 is 1.77 bits per heavy atom. The van der Waals surface area contributed by atoms with Crippen molar-refractivity contribution in [2.24, 2.45) is 0 Å². The van der Waals surface area contributed by atoms with Crippen LogP contribution >= 0.6 is 11.6 Å². The lowest BCUT2D eigenvalue weighted by molar-refractivity contribution is -0.133. The van der Waals surface area contributed by atoms with E-state index in [9.17, 15) is 4.79 Å². The van der Waals surface area contributed by atoms with Gasteiger partial charge in [-0.2, -0.15) is 0 Å². The fourth-order valence-corrected chi connectivity index (χ4v) is 3.42. The molecule has 1 aliphatic rings. The van der Waals surface area contributed by atoms with Crippen LogP contribution in [0.5, 0.6) is 17.4 Å². The van der Waals surface area contributed by atoms with Gasteiger partial charge in [0.2, 0.25) is 5.88 Å². The molecule has 1 aliphatic heterocycles. The van der Waals surface area contributed by atoms with Crippen molar-refractivity contribution in [3.63, 3.8) is 0 Å². The molecule has 7 nitrogen and oxygen atoms in total. The molecule has 2 heterocycles. The fraction of sp³-hybridized carbons (Fsp3) is 0.261. The van der Waals surface area contributed by atoms with E-state index in [1.807, 2.05) is 48.2 Å². The highest BCUT2D eigenvalue weighted by Crippen LogP contribution is 2.26. The van der Waals surface area contributed by atoms with Crippen molar-refractivity contribution in [3.8, 4) is 17.4 Å². The molecule has 8 heteroatoms. The van der Waals surface area contributed by atoms with Crippen molar-refractivity contribution in [2.75, 3.05) is 37.7 Å². The Hall–Kier alpha value is -3.32. The minimum Gasteiger partial charge on any atom is -0.484 e. The number of anilines is 1. The van der Waals surface area contributed by atoms with Gasteiger partial charge < -0.3 is 19.3 Å². The molecular weight excluding hydrogens is 416 g/mol. The number of aromatic nitrogens is 2.